The van der Waals surface area contributed by atoms with Crippen molar-refractivity contribution < 1.29 is 18.9 Å². The molecule has 0 aromatic heterocycles. The van der Waals surface area contributed by atoms with Gasteiger partial charge in [-0.15, -0.1) is 0 Å². The van der Waals surface area contributed by atoms with Crippen molar-refractivity contribution in [3.05, 3.63) is 0 Å². The standard InChI is InChI=1S/C17H31N3O4/c1-18-16(19-13-17(21-2)5-9-22-10-6-17)20-7-11-24-15(12-20)14-4-3-8-23-14/h14-15H,3-13H2,1-2H3,(H,18,19). The van der Waals surface area contributed by atoms with E-state index in [1.54, 1.807) is 7.11 Å². The number of aliphatic imine (C=N–C) groups is 1. The number of hydrogen-bond acceptors (Lipinski definition) is 5. The number of rotatable bonds is 4. The smallest absolute Gasteiger partial charge is 0.193 e. The van der Waals surface area contributed by atoms with Crippen molar-refractivity contribution in [3.8, 4) is 0 Å². The first-order valence-corrected chi connectivity index (χ1v) is 9.08. The summed E-state index contributed by atoms with van der Waals surface area (Å²) in [7, 11) is 3.63. The zero-order valence-electron chi connectivity index (χ0n) is 15.0. The number of guanidine groups is 1. The first-order valence-electron chi connectivity index (χ1n) is 9.08. The first-order chi connectivity index (χ1) is 11.8. The molecule has 0 amide bonds. The van der Waals surface area contributed by atoms with Crippen LogP contribution < -0.4 is 5.32 Å². The van der Waals surface area contributed by atoms with Gasteiger partial charge in [-0.3, -0.25) is 4.99 Å². The highest BCUT2D eigenvalue weighted by Crippen LogP contribution is 2.24. The molecule has 138 valence electrons. The summed E-state index contributed by atoms with van der Waals surface area (Å²) >= 11 is 0. The fraction of sp³-hybridized carbons (Fsp3) is 0.941. The Balaban J connectivity index is 1.55. The minimum absolute atomic E-state index is 0.138. The largest absolute Gasteiger partial charge is 0.381 e. The summed E-state index contributed by atoms with van der Waals surface area (Å²) in [5.41, 5.74) is -0.158. The molecule has 3 heterocycles. The summed E-state index contributed by atoms with van der Waals surface area (Å²) in [5, 5.41) is 3.51. The third-order valence-corrected chi connectivity index (χ3v) is 5.39. The Labute approximate surface area is 144 Å². The Morgan fingerprint density at radius 2 is 2.00 bits per heavy atom. The van der Waals surface area contributed by atoms with Crippen LogP contribution in [-0.2, 0) is 18.9 Å². The molecule has 0 aliphatic carbocycles. The van der Waals surface area contributed by atoms with Crippen LogP contribution >= 0.6 is 0 Å². The van der Waals surface area contributed by atoms with Crippen molar-refractivity contribution in [1.29, 1.82) is 0 Å². The molecule has 0 spiro atoms. The van der Waals surface area contributed by atoms with Gasteiger partial charge in [-0.1, -0.05) is 0 Å². The van der Waals surface area contributed by atoms with Crippen LogP contribution in [0.4, 0.5) is 0 Å². The molecule has 3 fully saturated rings. The van der Waals surface area contributed by atoms with E-state index >= 15 is 0 Å². The Kier molecular flexibility index (Phi) is 6.32. The van der Waals surface area contributed by atoms with E-state index < -0.39 is 0 Å². The predicted octanol–water partition coefficient (Wildman–Crippen LogP) is 0.637. The second-order valence-electron chi connectivity index (χ2n) is 6.81. The molecule has 0 saturated carbocycles. The van der Waals surface area contributed by atoms with Gasteiger partial charge in [0.05, 0.1) is 18.3 Å². The summed E-state index contributed by atoms with van der Waals surface area (Å²) in [4.78, 5) is 6.75. The zero-order chi connectivity index (χ0) is 16.8. The van der Waals surface area contributed by atoms with Gasteiger partial charge in [0.1, 0.15) is 6.10 Å². The number of nitrogens with one attached hydrogen (secondary N) is 1. The Morgan fingerprint density at radius 1 is 1.21 bits per heavy atom. The maximum atomic E-state index is 5.93. The van der Waals surface area contributed by atoms with Crippen LogP contribution in [0.1, 0.15) is 25.7 Å². The average Bonchev–Trinajstić information content (AvgIpc) is 3.18. The Hall–Kier alpha value is -0.890. The highest BCUT2D eigenvalue weighted by atomic mass is 16.5. The quantitative estimate of drug-likeness (QED) is 0.598. The molecule has 3 aliphatic rings. The average molecular weight is 341 g/mol. The van der Waals surface area contributed by atoms with E-state index in [4.69, 9.17) is 18.9 Å². The fourth-order valence-electron chi connectivity index (χ4n) is 3.76. The third-order valence-electron chi connectivity index (χ3n) is 5.39. The maximum absolute atomic E-state index is 5.93. The van der Waals surface area contributed by atoms with Gasteiger partial charge in [-0.25, -0.2) is 0 Å². The van der Waals surface area contributed by atoms with Gasteiger partial charge >= 0.3 is 0 Å². The molecule has 24 heavy (non-hydrogen) atoms. The van der Waals surface area contributed by atoms with Crippen LogP contribution in [0.3, 0.4) is 0 Å². The van der Waals surface area contributed by atoms with E-state index in [1.807, 2.05) is 7.05 Å². The lowest BCUT2D eigenvalue weighted by Gasteiger charge is -2.40. The third kappa shape index (κ3) is 4.20. The fourth-order valence-corrected chi connectivity index (χ4v) is 3.76. The van der Waals surface area contributed by atoms with E-state index in [0.29, 0.717) is 6.61 Å². The molecule has 7 nitrogen and oxygen atoms in total. The number of hydrogen-bond donors (Lipinski definition) is 1. The number of ether oxygens (including phenoxy) is 4. The lowest BCUT2D eigenvalue weighted by molar-refractivity contribution is -0.0885. The van der Waals surface area contributed by atoms with E-state index in [2.05, 4.69) is 15.2 Å². The van der Waals surface area contributed by atoms with Gasteiger partial charge < -0.3 is 29.2 Å². The van der Waals surface area contributed by atoms with Gasteiger partial charge in [-0.2, -0.15) is 0 Å². The topological polar surface area (TPSA) is 64.6 Å². The minimum Gasteiger partial charge on any atom is -0.381 e. The molecule has 0 aromatic carbocycles. The number of nitrogens with zero attached hydrogens (tertiary/aromatic N) is 2. The molecule has 0 radical (unpaired) electrons. The Morgan fingerprint density at radius 3 is 2.67 bits per heavy atom. The second-order valence-corrected chi connectivity index (χ2v) is 6.81. The number of morpholine rings is 1. The molecule has 1 N–H and O–H groups in total. The maximum Gasteiger partial charge on any atom is 0.193 e. The van der Waals surface area contributed by atoms with Crippen molar-refractivity contribution in [2.75, 3.05) is 60.2 Å². The lowest BCUT2D eigenvalue weighted by atomic mass is 9.94. The summed E-state index contributed by atoms with van der Waals surface area (Å²) < 4.78 is 23.0. The molecule has 3 rings (SSSR count). The van der Waals surface area contributed by atoms with Crippen LogP contribution in [0.25, 0.3) is 0 Å². The van der Waals surface area contributed by atoms with Gasteiger partial charge in [0.25, 0.3) is 0 Å². The summed E-state index contributed by atoms with van der Waals surface area (Å²) in [6.07, 6.45) is 4.42. The zero-order valence-corrected chi connectivity index (χ0v) is 15.0. The highest BCUT2D eigenvalue weighted by molar-refractivity contribution is 5.80. The van der Waals surface area contributed by atoms with Gasteiger partial charge in [0.15, 0.2) is 5.96 Å². The summed E-state index contributed by atoms with van der Waals surface area (Å²) in [5.74, 6) is 0.921. The molecule has 3 aliphatic heterocycles. The monoisotopic (exact) mass is 341 g/mol. The lowest BCUT2D eigenvalue weighted by Crippen LogP contribution is -2.56. The molecule has 0 aromatic rings. The predicted molar refractivity (Wildman–Crippen MR) is 91.4 cm³/mol. The van der Waals surface area contributed by atoms with Gasteiger partial charge in [0.2, 0.25) is 0 Å². The van der Waals surface area contributed by atoms with Crippen molar-refractivity contribution in [3.63, 3.8) is 0 Å². The summed E-state index contributed by atoms with van der Waals surface area (Å²) in [6.45, 7) is 5.52. The molecule has 0 bridgehead atoms. The van der Waals surface area contributed by atoms with Crippen LogP contribution in [-0.4, -0.2) is 88.9 Å². The van der Waals surface area contributed by atoms with Crippen LogP contribution in [0, 0.1) is 0 Å². The van der Waals surface area contributed by atoms with Crippen LogP contribution in [0.2, 0.25) is 0 Å². The van der Waals surface area contributed by atoms with Crippen molar-refractivity contribution in [2.24, 2.45) is 4.99 Å². The van der Waals surface area contributed by atoms with E-state index in [0.717, 1.165) is 71.1 Å². The van der Waals surface area contributed by atoms with Crippen LogP contribution in [0.15, 0.2) is 4.99 Å². The van der Waals surface area contributed by atoms with E-state index in [-0.39, 0.29) is 17.8 Å². The van der Waals surface area contributed by atoms with E-state index in [1.165, 1.54) is 0 Å². The Bertz CT molecular complexity index is 420. The second kappa shape index (κ2) is 8.47. The van der Waals surface area contributed by atoms with Crippen molar-refractivity contribution in [2.45, 2.75) is 43.5 Å². The van der Waals surface area contributed by atoms with Crippen molar-refractivity contribution in [1.82, 2.24) is 10.2 Å². The SMILES string of the molecule is CN=C(NCC1(OC)CCOCC1)N1CCOC(C2CCCO2)C1. The summed E-state index contributed by atoms with van der Waals surface area (Å²) in [6, 6.07) is 0. The van der Waals surface area contributed by atoms with Gasteiger partial charge in [-0.05, 0) is 12.8 Å². The molecule has 7 heteroatoms. The number of methoxy groups -OCH3 is 1. The van der Waals surface area contributed by atoms with Crippen molar-refractivity contribution >= 4 is 5.96 Å². The van der Waals surface area contributed by atoms with E-state index in [9.17, 15) is 0 Å². The molecule has 3 saturated heterocycles. The normalized spacial score (nSPS) is 31.2. The van der Waals surface area contributed by atoms with Crippen LogP contribution in [0.5, 0.6) is 0 Å². The minimum atomic E-state index is -0.158. The van der Waals surface area contributed by atoms with Gasteiger partial charge in [0, 0.05) is 66.5 Å². The molecule has 2 unspecified atom stereocenters. The highest BCUT2D eigenvalue weighted by Gasteiger charge is 2.35. The first kappa shape index (κ1) is 17.9. The molecule has 2 atom stereocenters. The molecular weight excluding hydrogens is 310 g/mol. The molecular formula is C17H31N3O4.